The van der Waals surface area contributed by atoms with Crippen molar-refractivity contribution in [2.45, 2.75) is 25.3 Å². The zero-order chi connectivity index (χ0) is 15.8. The van der Waals surface area contributed by atoms with Gasteiger partial charge in [0.05, 0.1) is 18.1 Å². The lowest BCUT2D eigenvalue weighted by atomic mass is 9.98. The first kappa shape index (κ1) is 15.0. The maximum atomic E-state index is 13.7. The van der Waals surface area contributed by atoms with Crippen LogP contribution in [-0.2, 0) is 4.79 Å². The first-order chi connectivity index (χ1) is 9.81. The first-order valence-electron chi connectivity index (χ1n) is 6.34. The standard InChI is InChI=1S/C13H15FN2O5/c1-13(12(17)18)4-3-5-15(13)9-7-11(21-2)8(14)6-10(9)16(19)20/h6-7H,3-5H2,1-2H3,(H,17,18). The Labute approximate surface area is 120 Å². The van der Waals surface area contributed by atoms with Crippen LogP contribution in [0.15, 0.2) is 12.1 Å². The molecule has 0 aromatic heterocycles. The number of benzene rings is 1. The van der Waals surface area contributed by atoms with Crippen LogP contribution in [0.1, 0.15) is 19.8 Å². The van der Waals surface area contributed by atoms with E-state index in [1.807, 2.05) is 0 Å². The number of carboxylic acids is 1. The second kappa shape index (κ2) is 5.19. The smallest absolute Gasteiger partial charge is 0.329 e. The van der Waals surface area contributed by atoms with E-state index in [-0.39, 0.29) is 11.4 Å². The minimum Gasteiger partial charge on any atom is -0.494 e. The highest BCUT2D eigenvalue weighted by atomic mass is 19.1. The summed E-state index contributed by atoms with van der Waals surface area (Å²) in [4.78, 5) is 23.3. The second-order valence-corrected chi connectivity index (χ2v) is 5.07. The number of hydrogen-bond acceptors (Lipinski definition) is 5. The van der Waals surface area contributed by atoms with Crippen molar-refractivity contribution < 1.29 is 24.0 Å². The van der Waals surface area contributed by atoms with Crippen LogP contribution in [0.25, 0.3) is 0 Å². The molecule has 0 radical (unpaired) electrons. The highest BCUT2D eigenvalue weighted by Crippen LogP contribution is 2.41. The Hall–Kier alpha value is -2.38. The summed E-state index contributed by atoms with van der Waals surface area (Å²) in [5, 5.41) is 20.5. The minimum atomic E-state index is -1.26. The third kappa shape index (κ3) is 2.37. The zero-order valence-corrected chi connectivity index (χ0v) is 11.6. The molecule has 114 valence electrons. The van der Waals surface area contributed by atoms with Crippen molar-refractivity contribution >= 4 is 17.3 Å². The van der Waals surface area contributed by atoms with Crippen molar-refractivity contribution in [2.24, 2.45) is 0 Å². The van der Waals surface area contributed by atoms with Gasteiger partial charge in [-0.1, -0.05) is 0 Å². The Balaban J connectivity index is 2.61. The number of rotatable bonds is 4. The molecule has 1 aromatic carbocycles. The number of carbonyl (C=O) groups is 1. The SMILES string of the molecule is COc1cc(N2CCCC2(C)C(=O)O)c([N+](=O)[O-])cc1F. The van der Waals surface area contributed by atoms with Crippen LogP contribution >= 0.6 is 0 Å². The monoisotopic (exact) mass is 298 g/mol. The average Bonchev–Trinajstić information content (AvgIpc) is 2.81. The number of carboxylic acid groups (broad SMARTS) is 1. The normalized spacial score (nSPS) is 21.4. The zero-order valence-electron chi connectivity index (χ0n) is 11.6. The molecule has 1 atom stereocenters. The highest BCUT2D eigenvalue weighted by Gasteiger charge is 2.45. The van der Waals surface area contributed by atoms with Gasteiger partial charge in [0.2, 0.25) is 0 Å². The fourth-order valence-electron chi connectivity index (χ4n) is 2.62. The van der Waals surface area contributed by atoms with Gasteiger partial charge in [-0.2, -0.15) is 0 Å². The fraction of sp³-hybridized carbons (Fsp3) is 0.462. The van der Waals surface area contributed by atoms with Crippen molar-refractivity contribution in [1.29, 1.82) is 0 Å². The lowest BCUT2D eigenvalue weighted by Gasteiger charge is -2.32. The van der Waals surface area contributed by atoms with E-state index in [1.165, 1.54) is 25.0 Å². The number of methoxy groups -OCH3 is 1. The number of anilines is 1. The van der Waals surface area contributed by atoms with Gasteiger partial charge in [0, 0.05) is 12.6 Å². The van der Waals surface area contributed by atoms with Gasteiger partial charge in [0.25, 0.3) is 5.69 Å². The molecule has 0 aliphatic carbocycles. The molecule has 1 heterocycles. The molecule has 0 saturated carbocycles. The van der Waals surface area contributed by atoms with Crippen LogP contribution in [0, 0.1) is 15.9 Å². The Morgan fingerprint density at radius 1 is 1.57 bits per heavy atom. The third-order valence-corrected chi connectivity index (χ3v) is 3.84. The summed E-state index contributed by atoms with van der Waals surface area (Å²) in [5.74, 6) is -2.09. The lowest BCUT2D eigenvalue weighted by Crippen LogP contribution is -2.48. The van der Waals surface area contributed by atoms with Crippen molar-refractivity contribution in [3.8, 4) is 5.75 Å². The van der Waals surface area contributed by atoms with Crippen LogP contribution in [0.5, 0.6) is 5.75 Å². The van der Waals surface area contributed by atoms with Gasteiger partial charge in [0.15, 0.2) is 11.6 Å². The van der Waals surface area contributed by atoms with E-state index in [2.05, 4.69) is 0 Å². The van der Waals surface area contributed by atoms with E-state index in [1.54, 1.807) is 0 Å². The van der Waals surface area contributed by atoms with Gasteiger partial charge in [-0.15, -0.1) is 0 Å². The van der Waals surface area contributed by atoms with E-state index in [4.69, 9.17) is 4.74 Å². The average molecular weight is 298 g/mol. The van der Waals surface area contributed by atoms with Gasteiger partial charge in [-0.3, -0.25) is 10.1 Å². The van der Waals surface area contributed by atoms with E-state index in [0.29, 0.717) is 19.4 Å². The molecular weight excluding hydrogens is 283 g/mol. The lowest BCUT2D eigenvalue weighted by molar-refractivity contribution is -0.384. The Kier molecular flexibility index (Phi) is 3.71. The van der Waals surface area contributed by atoms with Gasteiger partial charge in [-0.05, 0) is 19.8 Å². The molecule has 0 amide bonds. The molecule has 1 saturated heterocycles. The number of halogens is 1. The molecule has 2 rings (SSSR count). The predicted octanol–water partition coefficient (Wildman–Crippen LogP) is 2.19. The predicted molar refractivity (Wildman–Crippen MR) is 72.2 cm³/mol. The van der Waals surface area contributed by atoms with Crippen molar-refractivity contribution in [2.75, 3.05) is 18.6 Å². The molecule has 0 bridgehead atoms. The summed E-state index contributed by atoms with van der Waals surface area (Å²) >= 11 is 0. The number of nitro benzene ring substituents is 1. The minimum absolute atomic E-state index is 0.0562. The number of nitro groups is 1. The number of ether oxygens (including phenoxy) is 1. The van der Waals surface area contributed by atoms with E-state index < -0.39 is 27.9 Å². The fourth-order valence-corrected chi connectivity index (χ4v) is 2.62. The molecule has 0 spiro atoms. The highest BCUT2D eigenvalue weighted by molar-refractivity contribution is 5.85. The number of hydrogen-bond donors (Lipinski definition) is 1. The van der Waals surface area contributed by atoms with Crippen LogP contribution < -0.4 is 9.64 Å². The molecule has 7 nitrogen and oxygen atoms in total. The molecule has 1 unspecified atom stereocenters. The Morgan fingerprint density at radius 3 is 2.76 bits per heavy atom. The summed E-state index contributed by atoms with van der Waals surface area (Å²) in [7, 11) is 1.24. The molecule has 1 aliphatic heterocycles. The van der Waals surface area contributed by atoms with Crippen LogP contribution in [-0.4, -0.2) is 35.2 Å². The molecule has 21 heavy (non-hydrogen) atoms. The van der Waals surface area contributed by atoms with Gasteiger partial charge < -0.3 is 14.7 Å². The summed E-state index contributed by atoms with van der Waals surface area (Å²) in [6, 6.07) is 1.94. The Morgan fingerprint density at radius 2 is 2.24 bits per heavy atom. The molecule has 8 heteroatoms. The number of aliphatic carboxylic acids is 1. The summed E-state index contributed by atoms with van der Waals surface area (Å²) in [6.07, 6.45) is 0.943. The second-order valence-electron chi connectivity index (χ2n) is 5.07. The van der Waals surface area contributed by atoms with Gasteiger partial charge in [-0.25, -0.2) is 9.18 Å². The van der Waals surface area contributed by atoms with Gasteiger partial charge >= 0.3 is 5.97 Å². The van der Waals surface area contributed by atoms with Crippen molar-refractivity contribution in [1.82, 2.24) is 0 Å². The quantitative estimate of drug-likeness (QED) is 0.676. The summed E-state index contributed by atoms with van der Waals surface area (Å²) < 4.78 is 18.5. The number of nitrogens with zero attached hydrogens (tertiary/aromatic N) is 2. The van der Waals surface area contributed by atoms with Crippen LogP contribution in [0.4, 0.5) is 15.8 Å². The van der Waals surface area contributed by atoms with E-state index >= 15 is 0 Å². The summed E-state index contributed by atoms with van der Waals surface area (Å²) in [5.41, 5.74) is -1.67. The van der Waals surface area contributed by atoms with Crippen molar-refractivity contribution in [3.05, 3.63) is 28.1 Å². The largest absolute Gasteiger partial charge is 0.494 e. The molecule has 1 fully saturated rings. The topological polar surface area (TPSA) is 92.9 Å². The third-order valence-electron chi connectivity index (χ3n) is 3.84. The van der Waals surface area contributed by atoms with Crippen molar-refractivity contribution in [3.63, 3.8) is 0 Å². The Bertz CT molecular complexity index is 606. The molecule has 1 aliphatic rings. The van der Waals surface area contributed by atoms with E-state index in [0.717, 1.165) is 6.07 Å². The molecule has 1 N–H and O–H groups in total. The molecular formula is C13H15FN2O5. The summed E-state index contributed by atoms with van der Waals surface area (Å²) in [6.45, 7) is 1.85. The first-order valence-corrected chi connectivity index (χ1v) is 6.34. The van der Waals surface area contributed by atoms with E-state index in [9.17, 15) is 24.4 Å². The van der Waals surface area contributed by atoms with Crippen LogP contribution in [0.3, 0.4) is 0 Å². The maximum absolute atomic E-state index is 13.7. The van der Waals surface area contributed by atoms with Crippen LogP contribution in [0.2, 0.25) is 0 Å². The molecule has 1 aromatic rings. The maximum Gasteiger partial charge on any atom is 0.329 e. The van der Waals surface area contributed by atoms with Gasteiger partial charge in [0.1, 0.15) is 11.2 Å².